The number of nitrogen functional groups attached to an aromatic ring is 1. The molecule has 5 heteroatoms. The highest BCUT2D eigenvalue weighted by Gasteiger charge is 2.20. The van der Waals surface area contributed by atoms with E-state index in [4.69, 9.17) is 28.9 Å². The zero-order valence-corrected chi connectivity index (χ0v) is 10.9. The van der Waals surface area contributed by atoms with Crippen LogP contribution < -0.4 is 11.1 Å². The minimum absolute atomic E-state index is 0.162. The Balaban J connectivity index is 2.08. The maximum atomic E-state index is 9.44. The average Bonchev–Trinajstić information content (AvgIpc) is 2.26. The van der Waals surface area contributed by atoms with Crippen molar-refractivity contribution in [3.05, 3.63) is 22.2 Å². The van der Waals surface area contributed by atoms with E-state index in [9.17, 15) is 5.11 Å². The van der Waals surface area contributed by atoms with E-state index in [-0.39, 0.29) is 6.10 Å². The molecule has 0 radical (unpaired) electrons. The molecule has 1 aromatic rings. The highest BCUT2D eigenvalue weighted by molar-refractivity contribution is 6.39. The molecule has 1 aromatic carbocycles. The second kappa shape index (κ2) is 5.34. The molecule has 1 aliphatic rings. The van der Waals surface area contributed by atoms with Gasteiger partial charge in [0.15, 0.2) is 0 Å². The monoisotopic (exact) mass is 274 g/mol. The van der Waals surface area contributed by atoms with Gasteiger partial charge in [0, 0.05) is 11.7 Å². The molecular formula is C12H16Cl2N2O. The number of hydrogen-bond donors (Lipinski definition) is 3. The minimum Gasteiger partial charge on any atom is -0.399 e. The van der Waals surface area contributed by atoms with E-state index in [1.54, 1.807) is 12.1 Å². The number of aliphatic hydroxyl groups excluding tert-OH is 1. The van der Waals surface area contributed by atoms with Crippen molar-refractivity contribution in [3.63, 3.8) is 0 Å². The summed E-state index contributed by atoms with van der Waals surface area (Å²) in [5.74, 6) is 0. The largest absolute Gasteiger partial charge is 0.399 e. The molecule has 0 unspecified atom stereocenters. The molecule has 17 heavy (non-hydrogen) atoms. The number of benzene rings is 1. The van der Waals surface area contributed by atoms with E-state index in [0.29, 0.717) is 21.8 Å². The number of hydrogen-bond acceptors (Lipinski definition) is 3. The first-order chi connectivity index (χ1) is 8.06. The van der Waals surface area contributed by atoms with Crippen LogP contribution in [0, 0.1) is 0 Å². The van der Waals surface area contributed by atoms with Gasteiger partial charge >= 0.3 is 0 Å². The van der Waals surface area contributed by atoms with Gasteiger partial charge in [-0.2, -0.15) is 0 Å². The lowest BCUT2D eigenvalue weighted by molar-refractivity contribution is 0.126. The summed E-state index contributed by atoms with van der Waals surface area (Å²) in [6.07, 6.45) is 3.34. The Morgan fingerprint density at radius 3 is 2.18 bits per heavy atom. The van der Waals surface area contributed by atoms with Crippen molar-refractivity contribution in [1.82, 2.24) is 0 Å². The smallest absolute Gasteiger partial charge is 0.0722 e. The van der Waals surface area contributed by atoms with Gasteiger partial charge < -0.3 is 16.2 Å². The van der Waals surface area contributed by atoms with Gasteiger partial charge in [0.2, 0.25) is 0 Å². The highest BCUT2D eigenvalue weighted by Crippen LogP contribution is 2.34. The van der Waals surface area contributed by atoms with Crippen molar-refractivity contribution in [2.75, 3.05) is 11.1 Å². The van der Waals surface area contributed by atoms with Gasteiger partial charge in [0.1, 0.15) is 0 Å². The molecule has 1 saturated carbocycles. The van der Waals surface area contributed by atoms with E-state index in [0.717, 1.165) is 31.4 Å². The molecule has 0 saturated heterocycles. The van der Waals surface area contributed by atoms with E-state index >= 15 is 0 Å². The molecule has 2 rings (SSSR count). The molecule has 1 fully saturated rings. The van der Waals surface area contributed by atoms with Gasteiger partial charge in [-0.1, -0.05) is 23.2 Å². The molecule has 0 aromatic heterocycles. The number of halogens is 2. The maximum Gasteiger partial charge on any atom is 0.0722 e. The van der Waals surface area contributed by atoms with Crippen LogP contribution in [0.2, 0.25) is 10.0 Å². The summed E-state index contributed by atoms with van der Waals surface area (Å²) in [6, 6.07) is 3.69. The van der Waals surface area contributed by atoms with Crippen LogP contribution in [0.5, 0.6) is 0 Å². The second-order valence-corrected chi connectivity index (χ2v) is 5.32. The molecule has 0 atom stereocenters. The van der Waals surface area contributed by atoms with Crippen molar-refractivity contribution in [2.45, 2.75) is 37.8 Å². The second-order valence-electron chi connectivity index (χ2n) is 4.51. The fourth-order valence-electron chi connectivity index (χ4n) is 2.15. The summed E-state index contributed by atoms with van der Waals surface area (Å²) < 4.78 is 0. The van der Waals surface area contributed by atoms with Gasteiger partial charge in [0.25, 0.3) is 0 Å². The number of rotatable bonds is 2. The van der Waals surface area contributed by atoms with E-state index in [1.807, 2.05) is 0 Å². The Morgan fingerprint density at radius 2 is 1.65 bits per heavy atom. The topological polar surface area (TPSA) is 58.3 Å². The van der Waals surface area contributed by atoms with Crippen molar-refractivity contribution in [1.29, 1.82) is 0 Å². The lowest BCUT2D eigenvalue weighted by Crippen LogP contribution is -2.28. The van der Waals surface area contributed by atoms with Gasteiger partial charge in [-0.25, -0.2) is 0 Å². The first kappa shape index (κ1) is 12.8. The predicted octanol–water partition coefficient (Wildman–Crippen LogP) is 3.29. The first-order valence-corrected chi connectivity index (χ1v) is 6.51. The minimum atomic E-state index is -0.162. The van der Waals surface area contributed by atoms with Gasteiger partial charge in [-0.3, -0.25) is 0 Å². The predicted molar refractivity (Wildman–Crippen MR) is 72.8 cm³/mol. The van der Waals surface area contributed by atoms with Crippen LogP contribution in [0.15, 0.2) is 12.1 Å². The molecule has 0 spiro atoms. The van der Waals surface area contributed by atoms with Crippen LogP contribution in [0.25, 0.3) is 0 Å². The average molecular weight is 275 g/mol. The molecule has 0 amide bonds. The third-order valence-corrected chi connectivity index (χ3v) is 3.71. The Morgan fingerprint density at radius 1 is 1.12 bits per heavy atom. The van der Waals surface area contributed by atoms with Crippen LogP contribution in [-0.4, -0.2) is 17.3 Å². The van der Waals surface area contributed by atoms with E-state index < -0.39 is 0 Å². The van der Waals surface area contributed by atoms with Crippen LogP contribution in [0.4, 0.5) is 11.4 Å². The van der Waals surface area contributed by atoms with Crippen molar-refractivity contribution >= 4 is 34.6 Å². The fraction of sp³-hybridized carbons (Fsp3) is 0.500. The quantitative estimate of drug-likeness (QED) is 0.726. The Labute approximate surface area is 111 Å². The molecular weight excluding hydrogens is 259 g/mol. The number of nitrogens with one attached hydrogen (secondary N) is 1. The standard InChI is InChI=1S/C12H16Cl2N2O/c13-10-5-7(15)6-11(14)12(10)16-8-1-3-9(17)4-2-8/h5-6,8-9,16-17H,1-4,15H2. The van der Waals surface area contributed by atoms with Crippen LogP contribution in [0.3, 0.4) is 0 Å². The molecule has 0 bridgehead atoms. The molecule has 0 aliphatic heterocycles. The number of anilines is 2. The first-order valence-electron chi connectivity index (χ1n) is 5.75. The third kappa shape index (κ3) is 3.18. The van der Waals surface area contributed by atoms with E-state index in [1.165, 1.54) is 0 Å². The Kier molecular flexibility index (Phi) is 4.02. The SMILES string of the molecule is Nc1cc(Cl)c(NC2CCC(O)CC2)c(Cl)c1. The zero-order chi connectivity index (χ0) is 12.4. The Bertz CT molecular complexity index is 380. The highest BCUT2D eigenvalue weighted by atomic mass is 35.5. The molecule has 3 nitrogen and oxygen atoms in total. The van der Waals surface area contributed by atoms with Crippen molar-refractivity contribution < 1.29 is 5.11 Å². The number of nitrogens with two attached hydrogens (primary N) is 1. The molecule has 0 heterocycles. The van der Waals surface area contributed by atoms with E-state index in [2.05, 4.69) is 5.32 Å². The van der Waals surface area contributed by atoms with Crippen molar-refractivity contribution in [3.8, 4) is 0 Å². The third-order valence-electron chi connectivity index (χ3n) is 3.11. The van der Waals surface area contributed by atoms with Gasteiger partial charge in [-0.15, -0.1) is 0 Å². The van der Waals surface area contributed by atoms with Crippen LogP contribution in [0.1, 0.15) is 25.7 Å². The van der Waals surface area contributed by atoms with Gasteiger partial charge in [0.05, 0.1) is 21.8 Å². The summed E-state index contributed by atoms with van der Waals surface area (Å²) in [7, 11) is 0. The van der Waals surface area contributed by atoms with Crippen LogP contribution >= 0.6 is 23.2 Å². The van der Waals surface area contributed by atoms with Gasteiger partial charge in [-0.05, 0) is 37.8 Å². The van der Waals surface area contributed by atoms with Crippen LogP contribution in [-0.2, 0) is 0 Å². The lowest BCUT2D eigenvalue weighted by atomic mass is 9.93. The Hall–Kier alpha value is -0.640. The summed E-state index contributed by atoms with van der Waals surface area (Å²) >= 11 is 12.2. The normalized spacial score (nSPS) is 24.6. The van der Waals surface area contributed by atoms with Crippen molar-refractivity contribution in [2.24, 2.45) is 0 Å². The maximum absolute atomic E-state index is 9.44. The fourth-order valence-corrected chi connectivity index (χ4v) is 2.77. The molecule has 4 N–H and O–H groups in total. The zero-order valence-electron chi connectivity index (χ0n) is 9.42. The molecule has 1 aliphatic carbocycles. The summed E-state index contributed by atoms with van der Waals surface area (Å²) in [6.45, 7) is 0. The lowest BCUT2D eigenvalue weighted by Gasteiger charge is -2.27. The number of aliphatic hydroxyl groups is 1. The summed E-state index contributed by atoms with van der Waals surface area (Å²) in [5.41, 5.74) is 6.95. The summed E-state index contributed by atoms with van der Waals surface area (Å²) in [5, 5.41) is 13.9. The summed E-state index contributed by atoms with van der Waals surface area (Å²) in [4.78, 5) is 0. The molecule has 94 valence electrons.